The standard InChI is InChI=1S/C20H22N4O3/c1-13-3-5-15-16(11-21-17(15)9-13)20(26)23-7-8-24-14(4-6-19(25)27-2)10-22-18(24)12-23/h3,5,9-11,21H,4,6-8,12H2,1-2H3. The quantitative estimate of drug-likeness (QED) is 0.719. The van der Waals surface area contributed by atoms with Crippen molar-refractivity contribution in [3.8, 4) is 0 Å². The number of hydrogen-bond donors (Lipinski definition) is 1. The summed E-state index contributed by atoms with van der Waals surface area (Å²) in [5.74, 6) is 0.633. The molecule has 0 atom stereocenters. The van der Waals surface area contributed by atoms with Gasteiger partial charge in [0.05, 0.1) is 25.6 Å². The third-order valence-corrected chi connectivity index (χ3v) is 5.11. The van der Waals surface area contributed by atoms with Gasteiger partial charge < -0.3 is 19.2 Å². The average molecular weight is 366 g/mol. The minimum Gasteiger partial charge on any atom is -0.469 e. The summed E-state index contributed by atoms with van der Waals surface area (Å²) in [4.78, 5) is 33.9. The number of nitrogens with one attached hydrogen (secondary N) is 1. The highest BCUT2D eigenvalue weighted by Crippen LogP contribution is 2.23. The van der Waals surface area contributed by atoms with Gasteiger partial charge in [0.15, 0.2) is 0 Å². The predicted molar refractivity (Wildman–Crippen MR) is 100 cm³/mol. The van der Waals surface area contributed by atoms with Crippen molar-refractivity contribution in [2.24, 2.45) is 0 Å². The Bertz CT molecular complexity index is 1020. The molecule has 1 aromatic carbocycles. The van der Waals surface area contributed by atoms with E-state index in [0.29, 0.717) is 38.0 Å². The number of nitrogens with zero attached hydrogens (tertiary/aromatic N) is 3. The number of ether oxygens (including phenoxy) is 1. The maximum atomic E-state index is 13.0. The second-order valence-corrected chi connectivity index (χ2v) is 6.87. The molecule has 0 bridgehead atoms. The van der Waals surface area contributed by atoms with E-state index in [0.717, 1.165) is 28.0 Å². The van der Waals surface area contributed by atoms with E-state index in [1.54, 1.807) is 12.4 Å². The van der Waals surface area contributed by atoms with E-state index in [2.05, 4.69) is 14.5 Å². The van der Waals surface area contributed by atoms with Gasteiger partial charge in [0, 0.05) is 42.1 Å². The number of imidazole rings is 1. The molecule has 27 heavy (non-hydrogen) atoms. The molecule has 0 fully saturated rings. The van der Waals surface area contributed by atoms with Crippen molar-refractivity contribution in [2.45, 2.75) is 32.9 Å². The van der Waals surface area contributed by atoms with Gasteiger partial charge in [-0.25, -0.2) is 4.98 Å². The molecule has 2 aromatic heterocycles. The number of carbonyl (C=O) groups is 2. The minimum atomic E-state index is -0.229. The maximum absolute atomic E-state index is 13.0. The van der Waals surface area contributed by atoms with E-state index in [4.69, 9.17) is 4.74 Å². The van der Waals surface area contributed by atoms with Gasteiger partial charge in [-0.05, 0) is 25.0 Å². The Kier molecular flexibility index (Phi) is 4.43. The molecule has 1 amide bonds. The van der Waals surface area contributed by atoms with Gasteiger partial charge in [-0.2, -0.15) is 0 Å². The number of aryl methyl sites for hydroxylation is 2. The van der Waals surface area contributed by atoms with E-state index in [1.807, 2.05) is 30.0 Å². The number of H-pyrrole nitrogens is 1. The number of rotatable bonds is 4. The van der Waals surface area contributed by atoms with Gasteiger partial charge >= 0.3 is 5.97 Å². The Hall–Kier alpha value is -3.09. The number of benzene rings is 1. The number of aromatic nitrogens is 3. The van der Waals surface area contributed by atoms with Crippen LogP contribution in [0.4, 0.5) is 0 Å². The number of hydrogen-bond acceptors (Lipinski definition) is 4. The van der Waals surface area contributed by atoms with Crippen LogP contribution in [-0.2, 0) is 29.0 Å². The number of methoxy groups -OCH3 is 1. The first-order chi connectivity index (χ1) is 13.1. The summed E-state index contributed by atoms with van der Waals surface area (Å²) in [6, 6.07) is 6.05. The molecule has 3 aromatic rings. The van der Waals surface area contributed by atoms with Crippen molar-refractivity contribution in [3.05, 3.63) is 53.2 Å². The summed E-state index contributed by atoms with van der Waals surface area (Å²) in [7, 11) is 1.39. The molecule has 1 aliphatic heterocycles. The number of carbonyl (C=O) groups excluding carboxylic acids is 2. The number of esters is 1. The second-order valence-electron chi connectivity index (χ2n) is 6.87. The largest absolute Gasteiger partial charge is 0.469 e. The molecule has 0 radical (unpaired) electrons. The van der Waals surface area contributed by atoms with Crippen LogP contribution in [0.5, 0.6) is 0 Å². The van der Waals surface area contributed by atoms with Gasteiger partial charge in [-0.15, -0.1) is 0 Å². The Labute approximate surface area is 156 Å². The SMILES string of the molecule is COC(=O)CCc1cnc2n1CCN(C(=O)c1c[nH]c3cc(C)ccc13)C2. The summed E-state index contributed by atoms with van der Waals surface area (Å²) in [6.45, 7) is 3.80. The van der Waals surface area contributed by atoms with E-state index in [1.165, 1.54) is 7.11 Å². The summed E-state index contributed by atoms with van der Waals surface area (Å²) in [5.41, 5.74) is 3.82. The molecular formula is C20H22N4O3. The van der Waals surface area contributed by atoms with Crippen LogP contribution in [0.15, 0.2) is 30.6 Å². The van der Waals surface area contributed by atoms with Crippen LogP contribution >= 0.6 is 0 Å². The molecule has 1 aliphatic rings. The second kappa shape index (κ2) is 6.90. The fraction of sp³-hybridized carbons (Fsp3) is 0.350. The van der Waals surface area contributed by atoms with Crippen molar-refractivity contribution in [2.75, 3.05) is 13.7 Å². The first-order valence-corrected chi connectivity index (χ1v) is 9.04. The van der Waals surface area contributed by atoms with Gasteiger partial charge in [0.25, 0.3) is 5.91 Å². The molecular weight excluding hydrogens is 344 g/mol. The van der Waals surface area contributed by atoms with Crippen molar-refractivity contribution < 1.29 is 14.3 Å². The molecule has 0 saturated carbocycles. The van der Waals surface area contributed by atoms with Crippen LogP contribution in [0.1, 0.15) is 33.9 Å². The number of aromatic amines is 1. The fourth-order valence-electron chi connectivity index (χ4n) is 3.62. The van der Waals surface area contributed by atoms with Gasteiger partial charge in [-0.3, -0.25) is 9.59 Å². The Morgan fingerprint density at radius 1 is 1.30 bits per heavy atom. The number of amides is 1. The third-order valence-electron chi connectivity index (χ3n) is 5.11. The van der Waals surface area contributed by atoms with Gasteiger partial charge in [0.1, 0.15) is 5.82 Å². The topological polar surface area (TPSA) is 80.2 Å². The molecule has 7 nitrogen and oxygen atoms in total. The lowest BCUT2D eigenvalue weighted by Gasteiger charge is -2.28. The van der Waals surface area contributed by atoms with E-state index >= 15 is 0 Å². The fourth-order valence-corrected chi connectivity index (χ4v) is 3.62. The molecule has 1 N–H and O–H groups in total. The predicted octanol–water partition coefficient (Wildman–Crippen LogP) is 2.43. The van der Waals surface area contributed by atoms with Crippen molar-refractivity contribution in [1.82, 2.24) is 19.4 Å². The third kappa shape index (κ3) is 3.20. The zero-order chi connectivity index (χ0) is 19.0. The van der Waals surface area contributed by atoms with Crippen LogP contribution < -0.4 is 0 Å². The highest BCUT2D eigenvalue weighted by molar-refractivity contribution is 6.06. The van der Waals surface area contributed by atoms with E-state index < -0.39 is 0 Å². The van der Waals surface area contributed by atoms with E-state index in [9.17, 15) is 9.59 Å². The summed E-state index contributed by atoms with van der Waals surface area (Å²) in [6.07, 6.45) is 4.50. The minimum absolute atomic E-state index is 0.00969. The smallest absolute Gasteiger partial charge is 0.305 e. The maximum Gasteiger partial charge on any atom is 0.305 e. The lowest BCUT2D eigenvalue weighted by molar-refractivity contribution is -0.140. The van der Waals surface area contributed by atoms with Crippen LogP contribution in [0.25, 0.3) is 10.9 Å². The molecule has 7 heteroatoms. The Balaban J connectivity index is 1.51. The Morgan fingerprint density at radius 2 is 2.15 bits per heavy atom. The number of fused-ring (bicyclic) bond motifs is 2. The highest BCUT2D eigenvalue weighted by Gasteiger charge is 2.26. The van der Waals surface area contributed by atoms with Crippen LogP contribution in [-0.4, -0.2) is 45.0 Å². The summed E-state index contributed by atoms with van der Waals surface area (Å²) in [5, 5.41) is 0.943. The zero-order valence-corrected chi connectivity index (χ0v) is 15.5. The first kappa shape index (κ1) is 17.3. The van der Waals surface area contributed by atoms with Crippen LogP contribution in [0, 0.1) is 6.92 Å². The Morgan fingerprint density at radius 3 is 2.96 bits per heavy atom. The van der Waals surface area contributed by atoms with E-state index in [-0.39, 0.29) is 11.9 Å². The lowest BCUT2D eigenvalue weighted by Crippen LogP contribution is -2.38. The molecule has 0 saturated heterocycles. The van der Waals surface area contributed by atoms with Crippen molar-refractivity contribution in [1.29, 1.82) is 0 Å². The molecule has 0 aliphatic carbocycles. The monoisotopic (exact) mass is 366 g/mol. The van der Waals surface area contributed by atoms with Crippen LogP contribution in [0.2, 0.25) is 0 Å². The van der Waals surface area contributed by atoms with Gasteiger partial charge in [0.2, 0.25) is 0 Å². The molecule has 0 unspecified atom stereocenters. The molecule has 0 spiro atoms. The summed E-state index contributed by atoms with van der Waals surface area (Å²) < 4.78 is 6.80. The zero-order valence-electron chi connectivity index (χ0n) is 15.5. The normalized spacial score (nSPS) is 13.6. The van der Waals surface area contributed by atoms with Gasteiger partial charge in [-0.1, -0.05) is 12.1 Å². The van der Waals surface area contributed by atoms with Crippen molar-refractivity contribution >= 4 is 22.8 Å². The van der Waals surface area contributed by atoms with Crippen LogP contribution in [0.3, 0.4) is 0 Å². The first-order valence-electron chi connectivity index (χ1n) is 9.04. The molecule has 140 valence electrons. The molecule has 4 rings (SSSR count). The van der Waals surface area contributed by atoms with Crippen molar-refractivity contribution in [3.63, 3.8) is 0 Å². The lowest BCUT2D eigenvalue weighted by atomic mass is 10.1. The molecule has 3 heterocycles. The average Bonchev–Trinajstić information content (AvgIpc) is 3.28. The highest BCUT2D eigenvalue weighted by atomic mass is 16.5. The summed E-state index contributed by atoms with van der Waals surface area (Å²) >= 11 is 0.